The van der Waals surface area contributed by atoms with E-state index in [1.165, 1.54) is 0 Å². The van der Waals surface area contributed by atoms with E-state index in [4.69, 9.17) is 14.2 Å². The van der Waals surface area contributed by atoms with Gasteiger partial charge in [0.15, 0.2) is 11.5 Å². The van der Waals surface area contributed by atoms with Gasteiger partial charge in [0.05, 0.1) is 38.8 Å². The number of amides is 1. The Kier molecular flexibility index (Phi) is 6.06. The highest BCUT2D eigenvalue weighted by molar-refractivity contribution is 5.79. The van der Waals surface area contributed by atoms with Gasteiger partial charge < -0.3 is 24.8 Å². The minimum atomic E-state index is 0.0118. The maximum absolute atomic E-state index is 12.6. The topological polar surface area (TPSA) is 73.4 Å². The van der Waals surface area contributed by atoms with Gasteiger partial charge in [0.2, 0.25) is 11.7 Å². The summed E-state index contributed by atoms with van der Waals surface area (Å²) in [4.78, 5) is 12.6. The van der Waals surface area contributed by atoms with Gasteiger partial charge in [-0.15, -0.1) is 0 Å². The van der Waals surface area contributed by atoms with Crippen molar-refractivity contribution in [3.63, 3.8) is 0 Å². The summed E-state index contributed by atoms with van der Waals surface area (Å²) in [6, 6.07) is 3.83. The zero-order valence-electron chi connectivity index (χ0n) is 17.1. The van der Waals surface area contributed by atoms with Gasteiger partial charge in [-0.25, -0.2) is 0 Å². The van der Waals surface area contributed by atoms with E-state index < -0.39 is 0 Å². The molecule has 0 unspecified atom stereocenters. The molecule has 1 aromatic carbocycles. The zero-order chi connectivity index (χ0) is 19.5. The van der Waals surface area contributed by atoms with Crippen molar-refractivity contribution in [3.8, 4) is 17.2 Å². The van der Waals surface area contributed by atoms with Gasteiger partial charge in [-0.3, -0.25) is 4.79 Å². The number of nitrogens with one attached hydrogen (secondary N) is 1. The largest absolute Gasteiger partial charge is 0.493 e. The van der Waals surface area contributed by atoms with Crippen LogP contribution in [-0.2, 0) is 11.2 Å². The summed E-state index contributed by atoms with van der Waals surface area (Å²) in [5, 5.41) is 5.61. The molecule has 0 bridgehead atoms. The summed E-state index contributed by atoms with van der Waals surface area (Å²) in [5.74, 6) is 1.66. The number of hydrogen-bond donors (Lipinski definition) is 2. The Bertz CT molecular complexity index is 614. The van der Waals surface area contributed by atoms with Crippen LogP contribution in [0.15, 0.2) is 12.1 Å². The van der Waals surface area contributed by atoms with Crippen LogP contribution in [0.3, 0.4) is 0 Å². The Morgan fingerprint density at radius 1 is 1.04 bits per heavy atom. The lowest BCUT2D eigenvalue weighted by Gasteiger charge is -2.43. The summed E-state index contributed by atoms with van der Waals surface area (Å²) in [7, 11) is 4.71. The van der Waals surface area contributed by atoms with E-state index in [1.807, 2.05) is 12.1 Å². The molecule has 0 atom stereocenters. The highest BCUT2D eigenvalue weighted by Crippen LogP contribution is 2.38. The number of nitrogens with two attached hydrogens (primary N) is 1. The molecule has 0 spiro atoms. The second kappa shape index (κ2) is 7.74. The molecule has 0 radical (unpaired) electrons. The lowest BCUT2D eigenvalue weighted by atomic mass is 9.79. The van der Waals surface area contributed by atoms with Crippen LogP contribution in [0, 0.1) is 0 Å². The quantitative estimate of drug-likeness (QED) is 0.804. The molecule has 6 nitrogen and oxygen atoms in total. The number of carbonyl (C=O) groups is 1. The van der Waals surface area contributed by atoms with Gasteiger partial charge in [-0.05, 0) is 45.4 Å². The van der Waals surface area contributed by atoms with Crippen molar-refractivity contribution in [2.45, 2.75) is 64.1 Å². The molecule has 26 heavy (non-hydrogen) atoms. The zero-order valence-corrected chi connectivity index (χ0v) is 17.1. The minimum absolute atomic E-state index is 0.0118. The molecule has 6 heteroatoms. The average molecular weight is 365 g/mol. The molecule has 0 aromatic heterocycles. The maximum atomic E-state index is 12.6. The number of hydrogen-bond acceptors (Lipinski definition) is 4. The summed E-state index contributed by atoms with van der Waals surface area (Å²) in [5.41, 5.74) is 1.07. The van der Waals surface area contributed by atoms with Crippen LogP contribution in [0.2, 0.25) is 0 Å². The first-order valence-electron chi connectivity index (χ1n) is 9.04. The van der Waals surface area contributed by atoms with E-state index in [0.29, 0.717) is 17.2 Å². The van der Waals surface area contributed by atoms with E-state index in [2.05, 4.69) is 38.3 Å². The summed E-state index contributed by atoms with van der Waals surface area (Å²) in [6.07, 6.45) is 2.19. The molecule has 2 rings (SSSR count). The fraction of sp³-hybridized carbons (Fsp3) is 0.650. The van der Waals surface area contributed by atoms with Gasteiger partial charge >= 0.3 is 0 Å². The summed E-state index contributed by atoms with van der Waals surface area (Å²) >= 11 is 0. The third-order valence-corrected chi connectivity index (χ3v) is 4.78. The molecule has 1 saturated heterocycles. The number of carbonyl (C=O) groups excluding carboxylic acids is 1. The smallest absolute Gasteiger partial charge is 0.224 e. The second-order valence-corrected chi connectivity index (χ2v) is 8.50. The van der Waals surface area contributed by atoms with E-state index in [1.54, 1.807) is 21.3 Å². The van der Waals surface area contributed by atoms with Gasteiger partial charge in [-0.1, -0.05) is 0 Å². The number of benzene rings is 1. The lowest BCUT2D eigenvalue weighted by Crippen LogP contribution is -3.06. The van der Waals surface area contributed by atoms with Crippen molar-refractivity contribution in [3.05, 3.63) is 17.7 Å². The average Bonchev–Trinajstić information content (AvgIpc) is 2.50. The molecule has 1 fully saturated rings. The van der Waals surface area contributed by atoms with E-state index in [-0.39, 0.29) is 29.4 Å². The Labute approximate surface area is 156 Å². The van der Waals surface area contributed by atoms with Gasteiger partial charge in [0, 0.05) is 18.9 Å². The number of piperidine rings is 1. The first-order valence-corrected chi connectivity index (χ1v) is 9.04. The maximum Gasteiger partial charge on any atom is 0.224 e. The van der Waals surface area contributed by atoms with Crippen molar-refractivity contribution in [2.24, 2.45) is 0 Å². The van der Waals surface area contributed by atoms with Crippen LogP contribution in [0.25, 0.3) is 0 Å². The highest BCUT2D eigenvalue weighted by atomic mass is 16.5. The van der Waals surface area contributed by atoms with Crippen LogP contribution in [-0.4, -0.2) is 44.4 Å². The van der Waals surface area contributed by atoms with Crippen LogP contribution in [0.5, 0.6) is 17.2 Å². The fourth-order valence-electron chi connectivity index (χ4n) is 4.32. The van der Waals surface area contributed by atoms with Crippen LogP contribution < -0.4 is 24.8 Å². The molecular formula is C20H33N2O4+. The molecule has 1 aliphatic heterocycles. The first-order chi connectivity index (χ1) is 12.1. The Morgan fingerprint density at radius 2 is 1.54 bits per heavy atom. The fourth-order valence-corrected chi connectivity index (χ4v) is 4.32. The molecule has 0 saturated carbocycles. The molecule has 0 aliphatic carbocycles. The summed E-state index contributed by atoms with van der Waals surface area (Å²) < 4.78 is 16.1. The Balaban J connectivity index is 2.10. The Hall–Kier alpha value is -1.95. The Morgan fingerprint density at radius 3 is 1.96 bits per heavy atom. The molecule has 1 aliphatic rings. The summed E-state index contributed by atoms with van der Waals surface area (Å²) in [6.45, 7) is 8.91. The molecule has 3 N–H and O–H groups in total. The van der Waals surface area contributed by atoms with E-state index in [9.17, 15) is 4.79 Å². The number of ether oxygens (including phenoxy) is 3. The SMILES string of the molecule is COc1cc(CC(=O)NC2CC(C)(C)[NH2+]C(C)(C)C2)cc(OC)c1OC. The normalized spacial score (nSPS) is 18.9. The van der Waals surface area contributed by atoms with Gasteiger partial charge in [0.1, 0.15) is 0 Å². The van der Waals surface area contributed by atoms with Crippen molar-refractivity contribution < 1.29 is 24.3 Å². The van der Waals surface area contributed by atoms with Crippen LogP contribution in [0.4, 0.5) is 0 Å². The van der Waals surface area contributed by atoms with E-state index >= 15 is 0 Å². The van der Waals surface area contributed by atoms with Crippen molar-refractivity contribution in [1.82, 2.24) is 5.32 Å². The number of methoxy groups -OCH3 is 3. The molecule has 146 valence electrons. The van der Waals surface area contributed by atoms with Gasteiger partial charge in [0.25, 0.3) is 0 Å². The van der Waals surface area contributed by atoms with E-state index in [0.717, 1.165) is 18.4 Å². The monoisotopic (exact) mass is 365 g/mol. The van der Waals surface area contributed by atoms with Crippen molar-refractivity contribution in [1.29, 1.82) is 0 Å². The van der Waals surface area contributed by atoms with Gasteiger partial charge in [-0.2, -0.15) is 0 Å². The molecule has 1 amide bonds. The standard InChI is InChI=1S/C20H32N2O4/c1-19(2)11-14(12-20(3,4)22-19)21-17(23)10-13-8-15(24-5)18(26-7)16(9-13)25-6/h8-9,14,22H,10-12H2,1-7H3,(H,21,23)/p+1. The predicted octanol–water partition coefficient (Wildman–Crippen LogP) is 1.65. The number of rotatable bonds is 6. The van der Waals surface area contributed by atoms with Crippen LogP contribution >= 0.6 is 0 Å². The minimum Gasteiger partial charge on any atom is -0.493 e. The molecular weight excluding hydrogens is 332 g/mol. The third-order valence-electron chi connectivity index (χ3n) is 4.78. The number of quaternary nitrogens is 1. The van der Waals surface area contributed by atoms with Crippen molar-refractivity contribution >= 4 is 5.91 Å². The molecule has 1 heterocycles. The second-order valence-electron chi connectivity index (χ2n) is 8.50. The van der Waals surface area contributed by atoms with Crippen LogP contribution in [0.1, 0.15) is 46.1 Å². The third kappa shape index (κ3) is 5.04. The van der Waals surface area contributed by atoms with Crippen molar-refractivity contribution in [2.75, 3.05) is 21.3 Å². The lowest BCUT2D eigenvalue weighted by molar-refractivity contribution is -0.787. The molecule has 1 aromatic rings. The highest BCUT2D eigenvalue weighted by Gasteiger charge is 2.42. The first kappa shape index (κ1) is 20.4. The predicted molar refractivity (Wildman–Crippen MR) is 101 cm³/mol.